The van der Waals surface area contributed by atoms with Crippen LogP contribution in [0.15, 0.2) is 36.5 Å². The lowest BCUT2D eigenvalue weighted by Gasteiger charge is -2.20. The van der Waals surface area contributed by atoms with Gasteiger partial charge < -0.3 is 20.3 Å². The van der Waals surface area contributed by atoms with Gasteiger partial charge in [0.15, 0.2) is 0 Å². The van der Waals surface area contributed by atoms with Crippen LogP contribution in [0.25, 0.3) is 0 Å². The van der Waals surface area contributed by atoms with E-state index in [1.807, 2.05) is 6.08 Å². The molecule has 0 fully saturated rings. The molecule has 2 unspecified atom stereocenters. The van der Waals surface area contributed by atoms with E-state index >= 15 is 0 Å². The highest BCUT2D eigenvalue weighted by Crippen LogP contribution is 2.17. The number of carbonyl (C=O) groups is 2. The number of carbonyl (C=O) groups excluding carboxylic acids is 2. The molecule has 3 N–H and O–H groups in total. The van der Waals surface area contributed by atoms with Crippen LogP contribution in [0.1, 0.15) is 348 Å². The van der Waals surface area contributed by atoms with E-state index in [-0.39, 0.29) is 18.5 Å². The Balaban J connectivity index is 3.41. The zero-order valence-corrected chi connectivity index (χ0v) is 48.4. The van der Waals surface area contributed by atoms with E-state index in [0.29, 0.717) is 19.4 Å². The van der Waals surface area contributed by atoms with Gasteiger partial charge in [-0.2, -0.15) is 0 Å². The van der Waals surface area contributed by atoms with Crippen molar-refractivity contribution in [3.05, 3.63) is 36.5 Å². The SMILES string of the molecule is CCCCCCCCCCCC/C=C/C(O)C(CO)NC(=O)CCCCCCCCCCC/C=C\C/C=C\CCCCCCCCCCCOC(=O)CCCCCCCCCCCCCCCCCCCC. The molecule has 0 saturated carbocycles. The van der Waals surface area contributed by atoms with E-state index in [9.17, 15) is 19.8 Å². The fraction of sp³-hybridized carbons (Fsp3) is 0.879. The second kappa shape index (κ2) is 61.6. The van der Waals surface area contributed by atoms with Crippen LogP contribution in [-0.4, -0.2) is 47.4 Å². The Labute approximate surface area is 449 Å². The summed E-state index contributed by atoms with van der Waals surface area (Å²) in [7, 11) is 0. The Morgan fingerprint density at radius 3 is 1.06 bits per heavy atom. The minimum atomic E-state index is -0.847. The number of unbranched alkanes of at least 4 members (excludes halogenated alkanes) is 45. The number of hydrogen-bond acceptors (Lipinski definition) is 5. The molecule has 424 valence electrons. The molecule has 0 heterocycles. The Bertz CT molecular complexity index is 1170. The van der Waals surface area contributed by atoms with Gasteiger partial charge in [-0.05, 0) is 64.2 Å². The van der Waals surface area contributed by atoms with E-state index < -0.39 is 12.1 Å². The third-order valence-corrected chi connectivity index (χ3v) is 14.9. The molecule has 6 nitrogen and oxygen atoms in total. The quantitative estimate of drug-likeness (QED) is 0.0320. The number of rotatable bonds is 60. The summed E-state index contributed by atoms with van der Waals surface area (Å²) in [4.78, 5) is 24.5. The highest BCUT2D eigenvalue weighted by molar-refractivity contribution is 5.76. The molecule has 0 aromatic carbocycles. The van der Waals surface area contributed by atoms with Crippen LogP contribution in [0.2, 0.25) is 0 Å². The summed E-state index contributed by atoms with van der Waals surface area (Å²) in [6.07, 6.45) is 77.7. The number of aliphatic hydroxyl groups is 2. The molecular weight excluding hydrogens is 887 g/mol. The summed E-state index contributed by atoms with van der Waals surface area (Å²) in [6, 6.07) is -0.632. The molecule has 0 aliphatic heterocycles. The molecule has 0 aliphatic carbocycles. The predicted octanol–water partition coefficient (Wildman–Crippen LogP) is 20.4. The Kier molecular flexibility index (Phi) is 60.0. The molecule has 1 amide bonds. The number of hydrogen-bond donors (Lipinski definition) is 3. The van der Waals surface area contributed by atoms with Crippen molar-refractivity contribution in [2.75, 3.05) is 13.2 Å². The Hall–Kier alpha value is -1.92. The van der Waals surface area contributed by atoms with Gasteiger partial charge in [-0.1, -0.05) is 307 Å². The zero-order chi connectivity index (χ0) is 52.2. The first-order valence-electron chi connectivity index (χ1n) is 32.3. The number of aliphatic hydroxyl groups excluding tert-OH is 2. The Morgan fingerprint density at radius 2 is 0.694 bits per heavy atom. The molecule has 6 heteroatoms. The number of allylic oxidation sites excluding steroid dienone is 5. The minimum Gasteiger partial charge on any atom is -0.466 e. The number of amides is 1. The average Bonchev–Trinajstić information content (AvgIpc) is 3.38. The molecule has 0 bridgehead atoms. The summed E-state index contributed by atoms with van der Waals surface area (Å²) >= 11 is 0. The van der Waals surface area contributed by atoms with Crippen LogP contribution in [0.5, 0.6) is 0 Å². The van der Waals surface area contributed by atoms with E-state index in [0.717, 1.165) is 44.9 Å². The number of nitrogens with one attached hydrogen (secondary N) is 1. The van der Waals surface area contributed by atoms with Crippen molar-refractivity contribution in [1.82, 2.24) is 5.32 Å². The molecule has 0 radical (unpaired) electrons. The van der Waals surface area contributed by atoms with Crippen LogP contribution in [-0.2, 0) is 14.3 Å². The lowest BCUT2D eigenvalue weighted by molar-refractivity contribution is -0.143. The summed E-state index contributed by atoms with van der Waals surface area (Å²) in [5.74, 6) is -0.0612. The molecule has 0 aromatic heterocycles. The van der Waals surface area contributed by atoms with Crippen molar-refractivity contribution in [2.24, 2.45) is 0 Å². The lowest BCUT2D eigenvalue weighted by Crippen LogP contribution is -2.45. The Morgan fingerprint density at radius 1 is 0.389 bits per heavy atom. The van der Waals surface area contributed by atoms with E-state index in [1.54, 1.807) is 6.08 Å². The summed E-state index contributed by atoms with van der Waals surface area (Å²) in [6.45, 7) is 4.91. The highest BCUT2D eigenvalue weighted by atomic mass is 16.5. The first-order chi connectivity index (χ1) is 35.5. The molecule has 0 aliphatic rings. The topological polar surface area (TPSA) is 95.9 Å². The second-order valence-electron chi connectivity index (χ2n) is 22.1. The monoisotopic (exact) mass is 1010 g/mol. The van der Waals surface area contributed by atoms with Crippen molar-refractivity contribution in [3.8, 4) is 0 Å². The zero-order valence-electron chi connectivity index (χ0n) is 48.4. The molecule has 0 spiro atoms. The molecule has 0 rings (SSSR count). The summed E-state index contributed by atoms with van der Waals surface area (Å²) in [5, 5.41) is 23.1. The van der Waals surface area contributed by atoms with Gasteiger partial charge in [-0.25, -0.2) is 0 Å². The van der Waals surface area contributed by atoms with Crippen molar-refractivity contribution in [3.63, 3.8) is 0 Å². The van der Waals surface area contributed by atoms with Crippen molar-refractivity contribution in [2.45, 2.75) is 360 Å². The predicted molar refractivity (Wildman–Crippen MR) is 315 cm³/mol. The van der Waals surface area contributed by atoms with Gasteiger partial charge in [-0.3, -0.25) is 9.59 Å². The molecule has 2 atom stereocenters. The fourth-order valence-electron chi connectivity index (χ4n) is 9.96. The molecule has 0 aromatic rings. The van der Waals surface area contributed by atoms with Crippen molar-refractivity contribution < 1.29 is 24.5 Å². The van der Waals surface area contributed by atoms with Crippen LogP contribution < -0.4 is 5.32 Å². The second-order valence-corrected chi connectivity index (χ2v) is 22.1. The van der Waals surface area contributed by atoms with Gasteiger partial charge >= 0.3 is 5.97 Å². The molecule has 72 heavy (non-hydrogen) atoms. The van der Waals surface area contributed by atoms with Crippen LogP contribution in [0.3, 0.4) is 0 Å². The van der Waals surface area contributed by atoms with E-state index in [1.165, 1.54) is 276 Å². The van der Waals surface area contributed by atoms with Crippen LogP contribution in [0, 0.1) is 0 Å². The van der Waals surface area contributed by atoms with Crippen molar-refractivity contribution >= 4 is 11.9 Å². The number of ether oxygens (including phenoxy) is 1. The molecular formula is C66H125NO5. The van der Waals surface area contributed by atoms with Crippen molar-refractivity contribution in [1.29, 1.82) is 0 Å². The van der Waals surface area contributed by atoms with E-state index in [4.69, 9.17) is 4.74 Å². The van der Waals surface area contributed by atoms with Gasteiger partial charge in [0, 0.05) is 12.8 Å². The third kappa shape index (κ3) is 57.4. The maximum atomic E-state index is 12.4. The van der Waals surface area contributed by atoms with E-state index in [2.05, 4.69) is 43.5 Å². The average molecular weight is 1010 g/mol. The smallest absolute Gasteiger partial charge is 0.305 e. The fourth-order valence-corrected chi connectivity index (χ4v) is 9.96. The van der Waals surface area contributed by atoms with Crippen LogP contribution in [0.4, 0.5) is 0 Å². The minimum absolute atomic E-state index is 0.0130. The molecule has 0 saturated heterocycles. The first kappa shape index (κ1) is 70.1. The normalized spacial score (nSPS) is 12.8. The highest BCUT2D eigenvalue weighted by Gasteiger charge is 2.18. The standard InChI is InChI=1S/C66H125NO5/c1-3-5-7-9-11-13-15-17-18-19-30-33-36-40-44-48-52-56-60-66(71)72-61-57-53-49-45-41-37-34-31-28-26-24-22-20-21-23-25-27-29-32-35-39-43-47-51-55-59-65(70)67-63(62-68)64(69)58-54-50-46-42-38-16-14-12-10-8-6-4-2/h21-24,54,58,63-64,68-69H,3-20,25-53,55-57,59-62H2,1-2H3,(H,67,70)/b23-21-,24-22-,58-54+. The largest absolute Gasteiger partial charge is 0.466 e. The van der Waals surface area contributed by atoms with Gasteiger partial charge in [0.25, 0.3) is 0 Å². The van der Waals surface area contributed by atoms with Gasteiger partial charge in [0.2, 0.25) is 5.91 Å². The first-order valence-corrected chi connectivity index (χ1v) is 32.3. The van der Waals surface area contributed by atoms with Crippen LogP contribution >= 0.6 is 0 Å². The lowest BCUT2D eigenvalue weighted by atomic mass is 10.0. The summed E-state index contributed by atoms with van der Waals surface area (Å²) < 4.78 is 5.50. The maximum Gasteiger partial charge on any atom is 0.305 e. The maximum absolute atomic E-state index is 12.4. The number of esters is 1. The van der Waals surface area contributed by atoms with Gasteiger partial charge in [-0.15, -0.1) is 0 Å². The summed E-state index contributed by atoms with van der Waals surface area (Å²) in [5.41, 5.74) is 0. The third-order valence-electron chi connectivity index (χ3n) is 14.9. The van der Waals surface area contributed by atoms with Gasteiger partial charge in [0.05, 0.1) is 25.4 Å². The van der Waals surface area contributed by atoms with Gasteiger partial charge in [0.1, 0.15) is 0 Å².